The van der Waals surface area contributed by atoms with Gasteiger partial charge in [-0.05, 0) is 99.4 Å². The van der Waals surface area contributed by atoms with Gasteiger partial charge in [0.2, 0.25) is 0 Å². The van der Waals surface area contributed by atoms with Crippen molar-refractivity contribution in [2.24, 2.45) is 0 Å². The zero-order valence-electron chi connectivity index (χ0n) is 16.0. The van der Waals surface area contributed by atoms with Crippen molar-refractivity contribution in [2.75, 3.05) is 0 Å². The van der Waals surface area contributed by atoms with Crippen LogP contribution in [-0.2, 0) is 0 Å². The Balaban J connectivity index is 1.37. The zero-order chi connectivity index (χ0) is 18.9. The first-order chi connectivity index (χ1) is 13.8. The summed E-state index contributed by atoms with van der Waals surface area (Å²) in [6, 6.07) is 14.7. The molecule has 146 valence electrons. The van der Waals surface area contributed by atoms with E-state index in [0.29, 0.717) is 12.2 Å². The molecule has 0 bridgehead atoms. The second-order valence-electron chi connectivity index (χ2n) is 7.98. The Bertz CT molecular complexity index is 951. The van der Waals surface area contributed by atoms with Gasteiger partial charge in [0.25, 0.3) is 0 Å². The number of ether oxygens (including phenoxy) is 2. The first-order valence-electron chi connectivity index (χ1n) is 10.4. The average molecular weight is 413 g/mol. The summed E-state index contributed by atoms with van der Waals surface area (Å²) in [6.45, 7) is 0. The molecule has 0 amide bonds. The Labute approximate surface area is 175 Å². The molecule has 2 aromatic carbocycles. The lowest BCUT2D eigenvalue weighted by Crippen LogP contribution is -2.10. The molecule has 0 radical (unpaired) electrons. The Morgan fingerprint density at radius 1 is 0.750 bits per heavy atom. The quantitative estimate of drug-likeness (QED) is 0.424. The maximum absolute atomic E-state index is 6.73. The molecule has 2 aliphatic rings. The van der Waals surface area contributed by atoms with Crippen molar-refractivity contribution in [1.82, 2.24) is 0 Å². The summed E-state index contributed by atoms with van der Waals surface area (Å²) in [4.78, 5) is 1.11. The van der Waals surface area contributed by atoms with E-state index in [0.717, 1.165) is 32.3 Å². The average Bonchev–Trinajstić information content (AvgIpc) is 3.46. The number of rotatable bonds is 5. The van der Waals surface area contributed by atoms with Gasteiger partial charge in [-0.2, -0.15) is 0 Å². The second-order valence-corrected chi connectivity index (χ2v) is 9.41. The fraction of sp³-hybridized carbons (Fsp3) is 0.417. The van der Waals surface area contributed by atoms with Gasteiger partial charge in [-0.3, -0.25) is 0 Å². The normalized spacial score (nSPS) is 18.2. The molecule has 2 saturated carbocycles. The molecule has 28 heavy (non-hydrogen) atoms. The largest absolute Gasteiger partial charge is 0.490 e. The van der Waals surface area contributed by atoms with Crippen molar-refractivity contribution >= 4 is 33.0 Å². The van der Waals surface area contributed by atoms with Crippen LogP contribution in [0.4, 0.5) is 0 Å². The molecule has 1 aromatic heterocycles. The van der Waals surface area contributed by atoms with Gasteiger partial charge in [-0.25, -0.2) is 0 Å². The van der Waals surface area contributed by atoms with Gasteiger partial charge in [0, 0.05) is 10.1 Å². The molecule has 0 saturated heterocycles. The van der Waals surface area contributed by atoms with Crippen LogP contribution in [0.3, 0.4) is 0 Å². The summed E-state index contributed by atoms with van der Waals surface area (Å²) in [5.41, 5.74) is 1.14. The number of thiophene rings is 1. The van der Waals surface area contributed by atoms with E-state index in [1.165, 1.54) is 56.1 Å². The van der Waals surface area contributed by atoms with Crippen LogP contribution in [0.25, 0.3) is 20.5 Å². The molecule has 3 aromatic rings. The minimum atomic E-state index is 0.375. The molecule has 0 N–H and O–H groups in total. The molecule has 2 fully saturated rings. The van der Waals surface area contributed by atoms with Crippen LogP contribution in [0, 0.1) is 0 Å². The van der Waals surface area contributed by atoms with E-state index in [1.54, 1.807) is 11.3 Å². The minimum Gasteiger partial charge on any atom is -0.490 e. The van der Waals surface area contributed by atoms with Gasteiger partial charge in [0.05, 0.1) is 22.1 Å². The van der Waals surface area contributed by atoms with Crippen molar-refractivity contribution < 1.29 is 9.47 Å². The fourth-order valence-electron chi connectivity index (χ4n) is 4.39. The predicted molar refractivity (Wildman–Crippen MR) is 118 cm³/mol. The Morgan fingerprint density at radius 2 is 1.32 bits per heavy atom. The molecule has 5 rings (SSSR count). The van der Waals surface area contributed by atoms with Crippen molar-refractivity contribution in [3.63, 3.8) is 0 Å². The van der Waals surface area contributed by atoms with Crippen LogP contribution in [0.5, 0.6) is 11.5 Å². The molecule has 0 spiro atoms. The lowest BCUT2D eigenvalue weighted by molar-refractivity contribution is 0.210. The van der Waals surface area contributed by atoms with Crippen LogP contribution in [0.1, 0.15) is 51.4 Å². The highest BCUT2D eigenvalue weighted by molar-refractivity contribution is 7.23. The molecule has 2 aliphatic carbocycles. The highest BCUT2D eigenvalue weighted by Gasteiger charge is 2.19. The van der Waals surface area contributed by atoms with Crippen molar-refractivity contribution in [3.05, 3.63) is 47.5 Å². The van der Waals surface area contributed by atoms with E-state index in [1.807, 2.05) is 0 Å². The summed E-state index contributed by atoms with van der Waals surface area (Å²) in [5, 5.41) is 1.93. The summed E-state index contributed by atoms with van der Waals surface area (Å²) in [5.74, 6) is 1.92. The number of hydrogen-bond acceptors (Lipinski definition) is 3. The standard InChI is InChI=1S/C24H25ClO2S/c25-23-21-14-13-20(27-18-7-3-4-8-18)15-22(21)28-24(23)16-9-11-19(12-10-16)26-17-5-1-2-6-17/h9-15,17-18H,1-8H2. The Morgan fingerprint density at radius 3 is 1.96 bits per heavy atom. The molecule has 0 unspecified atom stereocenters. The lowest BCUT2D eigenvalue weighted by Gasteiger charge is -2.13. The van der Waals surface area contributed by atoms with Gasteiger partial charge in [0.15, 0.2) is 0 Å². The zero-order valence-corrected chi connectivity index (χ0v) is 17.5. The molecule has 4 heteroatoms. The van der Waals surface area contributed by atoms with Crippen LogP contribution < -0.4 is 9.47 Å². The Kier molecular flexibility index (Phi) is 5.21. The van der Waals surface area contributed by atoms with E-state index >= 15 is 0 Å². The third-order valence-electron chi connectivity index (χ3n) is 5.93. The molecule has 0 atom stereocenters. The predicted octanol–water partition coefficient (Wildman–Crippen LogP) is 7.86. The molecule has 1 heterocycles. The van der Waals surface area contributed by atoms with E-state index in [-0.39, 0.29) is 0 Å². The highest BCUT2D eigenvalue weighted by atomic mass is 35.5. The number of halogens is 1. The maximum Gasteiger partial charge on any atom is 0.121 e. The molecular formula is C24H25ClO2S. The first kappa shape index (κ1) is 18.3. The fourth-order valence-corrected chi connectivity index (χ4v) is 5.96. The van der Waals surface area contributed by atoms with E-state index in [9.17, 15) is 0 Å². The number of fused-ring (bicyclic) bond motifs is 1. The Hall–Kier alpha value is -1.71. The van der Waals surface area contributed by atoms with Crippen LogP contribution in [0.15, 0.2) is 42.5 Å². The van der Waals surface area contributed by atoms with Gasteiger partial charge < -0.3 is 9.47 Å². The SMILES string of the molecule is Clc1c(-c2ccc(OC3CCCC3)cc2)sc2cc(OC3CCCC3)ccc12. The van der Waals surface area contributed by atoms with E-state index in [4.69, 9.17) is 21.1 Å². The van der Waals surface area contributed by atoms with Crippen LogP contribution >= 0.6 is 22.9 Å². The smallest absolute Gasteiger partial charge is 0.121 e. The lowest BCUT2D eigenvalue weighted by atomic mass is 10.1. The van der Waals surface area contributed by atoms with Crippen molar-refractivity contribution in [2.45, 2.75) is 63.6 Å². The minimum absolute atomic E-state index is 0.375. The molecule has 0 aliphatic heterocycles. The van der Waals surface area contributed by atoms with E-state index in [2.05, 4.69) is 42.5 Å². The van der Waals surface area contributed by atoms with Crippen molar-refractivity contribution in [1.29, 1.82) is 0 Å². The molecule has 2 nitrogen and oxygen atoms in total. The highest BCUT2D eigenvalue weighted by Crippen LogP contribution is 2.43. The van der Waals surface area contributed by atoms with Gasteiger partial charge in [0.1, 0.15) is 11.5 Å². The topological polar surface area (TPSA) is 18.5 Å². The molecular weight excluding hydrogens is 388 g/mol. The van der Waals surface area contributed by atoms with Gasteiger partial charge in [-0.15, -0.1) is 11.3 Å². The summed E-state index contributed by atoms with van der Waals surface area (Å²) < 4.78 is 13.4. The van der Waals surface area contributed by atoms with E-state index < -0.39 is 0 Å². The summed E-state index contributed by atoms with van der Waals surface area (Å²) in [7, 11) is 0. The van der Waals surface area contributed by atoms with Crippen LogP contribution in [0.2, 0.25) is 5.02 Å². The third-order valence-corrected chi connectivity index (χ3v) is 7.63. The number of benzene rings is 2. The second kappa shape index (κ2) is 7.96. The number of hydrogen-bond donors (Lipinski definition) is 0. The van der Waals surface area contributed by atoms with Crippen molar-refractivity contribution in [3.8, 4) is 21.9 Å². The van der Waals surface area contributed by atoms with Crippen LogP contribution in [-0.4, -0.2) is 12.2 Å². The summed E-state index contributed by atoms with van der Waals surface area (Å²) in [6.07, 6.45) is 10.6. The summed E-state index contributed by atoms with van der Waals surface area (Å²) >= 11 is 8.47. The third kappa shape index (κ3) is 3.75. The first-order valence-corrected chi connectivity index (χ1v) is 11.6. The van der Waals surface area contributed by atoms with Gasteiger partial charge in [-0.1, -0.05) is 11.6 Å². The maximum atomic E-state index is 6.73. The van der Waals surface area contributed by atoms with Gasteiger partial charge >= 0.3 is 0 Å². The monoisotopic (exact) mass is 412 g/mol.